The van der Waals surface area contributed by atoms with Crippen LogP contribution < -0.4 is 0 Å². The summed E-state index contributed by atoms with van der Waals surface area (Å²) in [5, 5.41) is 3.08. The Labute approximate surface area is 102 Å². The maximum Gasteiger partial charge on any atom is 0.237 e. The molecular formula is C8H19AlAr. The van der Waals surface area contributed by atoms with Gasteiger partial charge in [0.1, 0.15) is 0 Å². The smallest absolute Gasteiger partial charge is 0.0950 e. The second-order valence-corrected chi connectivity index (χ2v) is 5.58. The summed E-state index contributed by atoms with van der Waals surface area (Å²) >= 11 is 0.316. The molecule has 0 aromatic heterocycles. The molecule has 0 aromatic rings. The fourth-order valence-corrected chi connectivity index (χ4v) is 2.80. The third-order valence-electron chi connectivity index (χ3n) is 1.56. The van der Waals surface area contributed by atoms with Crippen molar-refractivity contribution in [3.63, 3.8) is 0 Å². The Hall–Kier alpha value is 1.79. The van der Waals surface area contributed by atoms with Crippen LogP contribution in [0.3, 0.4) is 0 Å². The summed E-state index contributed by atoms with van der Waals surface area (Å²) in [6, 6.07) is 0. The van der Waals surface area contributed by atoms with Gasteiger partial charge in [0, 0.05) is 37.7 Å². The Morgan fingerprint density at radius 2 is 1.20 bits per heavy atom. The van der Waals surface area contributed by atoms with E-state index in [0.717, 1.165) is 11.8 Å². The number of hydrogen-bond acceptors (Lipinski definition) is 0. The molecule has 0 aromatic carbocycles. The molecule has 0 amide bonds. The van der Waals surface area contributed by atoms with Crippen LogP contribution in [0.15, 0.2) is 0 Å². The summed E-state index contributed by atoms with van der Waals surface area (Å²) in [4.78, 5) is 0. The average molecular weight is 182 g/mol. The summed E-state index contributed by atoms with van der Waals surface area (Å²) in [5.74, 6) is 1.91. The Morgan fingerprint density at radius 1 is 0.900 bits per heavy atom. The van der Waals surface area contributed by atoms with Gasteiger partial charge in [0.25, 0.3) is 0 Å². The van der Waals surface area contributed by atoms with Crippen molar-refractivity contribution >= 4 is 15.2 Å². The minimum Gasteiger partial charge on any atom is -0.0950 e. The van der Waals surface area contributed by atoms with E-state index >= 15 is 0 Å². The fourth-order valence-electron chi connectivity index (χ4n) is 0.934. The van der Waals surface area contributed by atoms with Crippen LogP contribution in [0.1, 0.15) is 27.7 Å². The molecule has 0 atom stereocenters. The first-order valence-corrected chi connectivity index (χ1v) is 6.13. The van der Waals surface area contributed by atoms with Gasteiger partial charge in [0.2, 0.25) is 15.2 Å². The molecule has 62 valence electrons. The van der Waals surface area contributed by atoms with Gasteiger partial charge in [-0.25, -0.2) is 0 Å². The molecule has 0 saturated heterocycles. The molecule has 0 nitrogen and oxygen atoms in total. The molecule has 0 aliphatic rings. The van der Waals surface area contributed by atoms with Gasteiger partial charge in [-0.1, -0.05) is 50.1 Å². The van der Waals surface area contributed by atoms with Crippen LogP contribution in [0.4, 0.5) is 0 Å². The van der Waals surface area contributed by atoms with E-state index in [9.17, 15) is 0 Å². The zero-order valence-electron chi connectivity index (χ0n) is 7.63. The maximum atomic E-state index is 2.33. The third kappa shape index (κ3) is 12.5. The van der Waals surface area contributed by atoms with Crippen molar-refractivity contribution in [3.05, 3.63) is 0 Å². The standard InChI is InChI=1S/2C4H9.Al.Ar.H/c2*1-4(2)3;;;/h2*4H,1H2,2-3H3;;;. The van der Waals surface area contributed by atoms with E-state index in [4.69, 9.17) is 0 Å². The van der Waals surface area contributed by atoms with Gasteiger partial charge in [0.15, 0.2) is 0 Å². The Bertz CT molecular complexity index is 54.3. The Kier molecular flexibility index (Phi) is 12.7. The van der Waals surface area contributed by atoms with Gasteiger partial charge < -0.3 is 0 Å². The molecule has 0 radical (unpaired) electrons. The minimum atomic E-state index is 0. The largest absolute Gasteiger partial charge is 0.237 e. The van der Waals surface area contributed by atoms with Gasteiger partial charge in [0.05, 0.1) is 0 Å². The second kappa shape index (κ2) is 8.88. The summed E-state index contributed by atoms with van der Waals surface area (Å²) in [5.41, 5.74) is 0. The van der Waals surface area contributed by atoms with Crippen LogP contribution in [0.2, 0.25) is 10.6 Å². The molecule has 0 bridgehead atoms. The van der Waals surface area contributed by atoms with Crippen molar-refractivity contribution in [3.8, 4) is 0 Å². The zero-order chi connectivity index (χ0) is 7.28. The molecule has 0 rings (SSSR count). The monoisotopic (exact) mass is 182 g/mol. The average Bonchev–Trinajstić information content (AvgIpc) is 1.63. The molecule has 10 heavy (non-hydrogen) atoms. The van der Waals surface area contributed by atoms with E-state index in [1.54, 1.807) is 0 Å². The first kappa shape index (κ1) is 14.3. The molecule has 0 unspecified atom stereocenters. The topological polar surface area (TPSA) is 0 Å². The van der Waals surface area contributed by atoms with E-state index < -0.39 is 0 Å². The summed E-state index contributed by atoms with van der Waals surface area (Å²) in [6.07, 6.45) is 0. The SMILES string of the molecule is CC(C)[CH2][AlH][CH2]C(C)C.[Ar]. The van der Waals surface area contributed by atoms with E-state index in [1.807, 2.05) is 0 Å². The summed E-state index contributed by atoms with van der Waals surface area (Å²) < 4.78 is 0. The molecule has 0 saturated carbocycles. The molecule has 0 aliphatic carbocycles. The van der Waals surface area contributed by atoms with Gasteiger partial charge in [-0.2, -0.15) is 0 Å². The van der Waals surface area contributed by atoms with Gasteiger partial charge in [-0.3, -0.25) is 0 Å². The normalized spacial score (nSPS) is 9.80. The summed E-state index contributed by atoms with van der Waals surface area (Å²) in [6.45, 7) is 9.31. The minimum absolute atomic E-state index is 0. The molecule has 0 N–H and O–H groups in total. The van der Waals surface area contributed by atoms with Crippen LogP contribution in [-0.4, -0.2) is 15.2 Å². The van der Waals surface area contributed by atoms with E-state index in [1.165, 1.54) is 10.6 Å². The fraction of sp³-hybridized carbons (Fsp3) is 1.00. The van der Waals surface area contributed by atoms with Crippen LogP contribution in [0, 0.1) is 49.6 Å². The number of rotatable bonds is 4. The van der Waals surface area contributed by atoms with Crippen LogP contribution in [-0.2, 0) is 0 Å². The van der Waals surface area contributed by atoms with E-state index in [0.29, 0.717) is 15.2 Å². The van der Waals surface area contributed by atoms with Gasteiger partial charge in [-0.15, -0.1) is 0 Å². The molecule has 0 spiro atoms. The van der Waals surface area contributed by atoms with Crippen molar-refractivity contribution in [1.82, 2.24) is 0 Å². The molecule has 0 fully saturated rings. The quantitative estimate of drug-likeness (QED) is 0.586. The van der Waals surface area contributed by atoms with Crippen molar-refractivity contribution in [1.29, 1.82) is 0 Å². The predicted molar refractivity (Wildman–Crippen MR) is 46.4 cm³/mol. The predicted octanol–water partition coefficient (Wildman–Crippen LogP) is 2.57. The van der Waals surface area contributed by atoms with Crippen molar-refractivity contribution in [2.45, 2.75) is 38.3 Å². The second-order valence-electron chi connectivity index (χ2n) is 3.72. The number of hydrogen-bond donors (Lipinski definition) is 0. The summed E-state index contributed by atoms with van der Waals surface area (Å²) in [7, 11) is 0. The van der Waals surface area contributed by atoms with E-state index in [-0.39, 0.29) is 37.7 Å². The van der Waals surface area contributed by atoms with Crippen molar-refractivity contribution in [2.24, 2.45) is 11.8 Å². The first-order valence-electron chi connectivity index (χ1n) is 4.13. The third-order valence-corrected chi connectivity index (χ3v) is 4.69. The van der Waals surface area contributed by atoms with Crippen LogP contribution >= 0.6 is 0 Å². The molecule has 0 aliphatic heterocycles. The van der Waals surface area contributed by atoms with Crippen LogP contribution in [0.25, 0.3) is 0 Å². The van der Waals surface area contributed by atoms with Crippen molar-refractivity contribution in [2.75, 3.05) is 0 Å². The molecule has 2 heteroatoms. The first-order chi connectivity index (χ1) is 4.13. The van der Waals surface area contributed by atoms with Gasteiger partial charge >= 0.3 is 0 Å². The van der Waals surface area contributed by atoms with Crippen molar-refractivity contribution < 1.29 is 37.7 Å². The zero-order valence-corrected chi connectivity index (χ0v) is 9.75. The van der Waals surface area contributed by atoms with Crippen LogP contribution in [0.5, 0.6) is 0 Å². The molecular weight excluding hydrogens is 163 g/mol. The maximum absolute atomic E-state index is 2.33. The van der Waals surface area contributed by atoms with Gasteiger partial charge in [-0.05, 0) is 0 Å². The Balaban J connectivity index is 0. The Morgan fingerprint density at radius 3 is 1.40 bits per heavy atom. The molecule has 0 heterocycles. The van der Waals surface area contributed by atoms with E-state index in [2.05, 4.69) is 27.7 Å².